The number of H-pyrrole nitrogens is 1. The number of halogens is 1. The second-order valence-electron chi connectivity index (χ2n) is 6.68. The number of rotatable bonds is 7. The Balaban J connectivity index is 1.69. The van der Waals surface area contributed by atoms with E-state index in [0.717, 1.165) is 34.4 Å². The summed E-state index contributed by atoms with van der Waals surface area (Å²) in [7, 11) is -4.02. The maximum Gasteiger partial charge on any atom is 0.270 e. The SMILES string of the molecule is CCc1ccc(NC(=O)CSc2ncc(S(=O)(=O)c3ccc(Br)c(C)c3)c(=O)[nH]2)cc1. The van der Waals surface area contributed by atoms with E-state index in [1.165, 1.54) is 17.7 Å². The third-order valence-electron chi connectivity index (χ3n) is 4.46. The zero-order chi connectivity index (χ0) is 22.6. The fourth-order valence-corrected chi connectivity index (χ4v) is 4.90. The summed E-state index contributed by atoms with van der Waals surface area (Å²) in [5.41, 5.74) is 1.79. The van der Waals surface area contributed by atoms with Crippen LogP contribution in [-0.2, 0) is 21.1 Å². The molecule has 0 fully saturated rings. The Labute approximate surface area is 192 Å². The number of sulfone groups is 1. The first-order valence-corrected chi connectivity index (χ1v) is 12.6. The third-order valence-corrected chi connectivity index (χ3v) is 7.98. The molecular formula is C21H20BrN3O4S2. The van der Waals surface area contributed by atoms with Crippen LogP contribution in [0.4, 0.5) is 5.69 Å². The van der Waals surface area contributed by atoms with Gasteiger partial charge < -0.3 is 10.3 Å². The minimum atomic E-state index is -4.02. The molecule has 3 aromatic rings. The number of nitrogens with zero attached hydrogens (tertiary/aromatic N) is 1. The standard InChI is InChI=1S/C21H20BrN3O4S2/c1-3-14-4-6-15(7-5-14)24-19(26)12-30-21-23-11-18(20(27)25-21)31(28,29)16-8-9-17(22)13(2)10-16/h4-11H,3,12H2,1-2H3,(H,24,26)(H,23,25,27). The molecule has 2 aromatic carbocycles. The van der Waals surface area contributed by atoms with E-state index in [1.54, 1.807) is 13.0 Å². The van der Waals surface area contributed by atoms with Gasteiger partial charge in [-0.3, -0.25) is 9.59 Å². The van der Waals surface area contributed by atoms with Crippen LogP contribution in [0.15, 0.2) is 72.9 Å². The number of nitrogens with one attached hydrogen (secondary N) is 2. The molecule has 1 aromatic heterocycles. The van der Waals surface area contributed by atoms with Gasteiger partial charge in [0.2, 0.25) is 15.7 Å². The van der Waals surface area contributed by atoms with Crippen LogP contribution in [0, 0.1) is 6.92 Å². The van der Waals surface area contributed by atoms with Crippen molar-refractivity contribution in [2.24, 2.45) is 0 Å². The molecule has 0 radical (unpaired) electrons. The summed E-state index contributed by atoms with van der Waals surface area (Å²) in [5, 5.41) is 2.93. The highest BCUT2D eigenvalue weighted by atomic mass is 79.9. The molecule has 0 spiro atoms. The Morgan fingerprint density at radius 3 is 2.52 bits per heavy atom. The molecule has 0 aliphatic carbocycles. The van der Waals surface area contributed by atoms with Crippen molar-refractivity contribution in [1.29, 1.82) is 0 Å². The number of benzene rings is 2. The second kappa shape index (κ2) is 9.80. The van der Waals surface area contributed by atoms with Crippen molar-refractivity contribution in [2.75, 3.05) is 11.1 Å². The maximum absolute atomic E-state index is 12.8. The van der Waals surface area contributed by atoms with E-state index in [9.17, 15) is 18.0 Å². The number of aromatic nitrogens is 2. The van der Waals surface area contributed by atoms with Gasteiger partial charge in [0.1, 0.15) is 0 Å². The number of aryl methyl sites for hydroxylation is 2. The monoisotopic (exact) mass is 521 g/mol. The maximum atomic E-state index is 12.8. The summed E-state index contributed by atoms with van der Waals surface area (Å²) in [6.07, 6.45) is 1.94. The topological polar surface area (TPSA) is 109 Å². The summed E-state index contributed by atoms with van der Waals surface area (Å²) >= 11 is 4.33. The van der Waals surface area contributed by atoms with Gasteiger partial charge in [-0.25, -0.2) is 13.4 Å². The number of hydrogen-bond acceptors (Lipinski definition) is 6. The zero-order valence-electron chi connectivity index (χ0n) is 16.8. The van der Waals surface area contributed by atoms with Gasteiger partial charge in [0.05, 0.1) is 16.8 Å². The zero-order valence-corrected chi connectivity index (χ0v) is 20.0. The van der Waals surface area contributed by atoms with Gasteiger partial charge in [-0.1, -0.05) is 46.7 Å². The average Bonchev–Trinajstić information content (AvgIpc) is 2.74. The number of amides is 1. The Kier molecular flexibility index (Phi) is 7.34. The molecular weight excluding hydrogens is 502 g/mol. The molecule has 0 bridgehead atoms. The molecule has 31 heavy (non-hydrogen) atoms. The first kappa shape index (κ1) is 23.2. The summed E-state index contributed by atoms with van der Waals surface area (Å²) in [6.45, 7) is 3.81. The molecule has 0 atom stereocenters. The van der Waals surface area contributed by atoms with Crippen LogP contribution in [0.25, 0.3) is 0 Å². The average molecular weight is 522 g/mol. The van der Waals surface area contributed by atoms with Crippen LogP contribution in [0.2, 0.25) is 0 Å². The van der Waals surface area contributed by atoms with Crippen molar-refractivity contribution in [1.82, 2.24) is 9.97 Å². The van der Waals surface area contributed by atoms with Gasteiger partial charge in [0.25, 0.3) is 5.56 Å². The lowest BCUT2D eigenvalue weighted by Gasteiger charge is -2.07. The normalized spacial score (nSPS) is 11.3. The molecule has 2 N–H and O–H groups in total. The van der Waals surface area contributed by atoms with Crippen molar-refractivity contribution in [2.45, 2.75) is 35.2 Å². The van der Waals surface area contributed by atoms with Gasteiger partial charge >= 0.3 is 0 Å². The van der Waals surface area contributed by atoms with Crippen LogP contribution in [0.5, 0.6) is 0 Å². The summed E-state index contributed by atoms with van der Waals surface area (Å²) in [6, 6.07) is 12.0. The highest BCUT2D eigenvalue weighted by molar-refractivity contribution is 9.10. The van der Waals surface area contributed by atoms with Crippen molar-refractivity contribution in [3.63, 3.8) is 0 Å². The van der Waals surface area contributed by atoms with Crippen molar-refractivity contribution in [3.05, 3.63) is 74.6 Å². The summed E-state index contributed by atoms with van der Waals surface area (Å²) in [5.74, 6) is -0.254. The third kappa shape index (κ3) is 5.63. The minimum Gasteiger partial charge on any atom is -0.325 e. The van der Waals surface area contributed by atoms with Gasteiger partial charge in [-0.15, -0.1) is 0 Å². The highest BCUT2D eigenvalue weighted by Gasteiger charge is 2.23. The van der Waals surface area contributed by atoms with Crippen molar-refractivity contribution in [3.8, 4) is 0 Å². The van der Waals surface area contributed by atoms with Crippen molar-refractivity contribution >= 4 is 49.1 Å². The number of carbonyl (C=O) groups is 1. The fourth-order valence-electron chi connectivity index (χ4n) is 2.70. The molecule has 0 aliphatic heterocycles. The quantitative estimate of drug-likeness (QED) is 0.359. The molecule has 10 heteroatoms. The van der Waals surface area contributed by atoms with Gasteiger partial charge in [-0.2, -0.15) is 0 Å². The number of hydrogen-bond donors (Lipinski definition) is 2. The Morgan fingerprint density at radius 2 is 1.90 bits per heavy atom. The van der Waals surface area contributed by atoms with E-state index in [4.69, 9.17) is 0 Å². The van der Waals surface area contributed by atoms with Gasteiger partial charge in [0.15, 0.2) is 10.1 Å². The molecule has 3 rings (SSSR count). The molecule has 162 valence electrons. The van der Waals surface area contributed by atoms with E-state index < -0.39 is 20.3 Å². The number of carbonyl (C=O) groups excluding carboxylic acids is 1. The van der Waals surface area contributed by atoms with Gasteiger partial charge in [-0.05, 0) is 54.8 Å². The molecule has 0 aliphatic rings. The molecule has 7 nitrogen and oxygen atoms in total. The Bertz CT molecular complexity index is 1270. The molecule has 0 unspecified atom stereocenters. The van der Waals surface area contributed by atoms with E-state index >= 15 is 0 Å². The van der Waals surface area contributed by atoms with Crippen LogP contribution >= 0.6 is 27.7 Å². The van der Waals surface area contributed by atoms with Gasteiger partial charge in [0, 0.05) is 10.2 Å². The van der Waals surface area contributed by atoms with Crippen molar-refractivity contribution < 1.29 is 13.2 Å². The minimum absolute atomic E-state index is 0.00868. The lowest BCUT2D eigenvalue weighted by atomic mass is 10.1. The summed E-state index contributed by atoms with van der Waals surface area (Å²) in [4.78, 5) is 30.6. The molecule has 0 saturated carbocycles. The first-order chi connectivity index (χ1) is 14.7. The smallest absolute Gasteiger partial charge is 0.270 e. The predicted molar refractivity (Wildman–Crippen MR) is 124 cm³/mol. The Morgan fingerprint density at radius 1 is 1.19 bits per heavy atom. The number of anilines is 1. The van der Waals surface area contributed by atoms with Crippen LogP contribution in [0.3, 0.4) is 0 Å². The van der Waals surface area contributed by atoms with Crippen LogP contribution in [0.1, 0.15) is 18.1 Å². The van der Waals surface area contributed by atoms with E-state index in [-0.39, 0.29) is 21.7 Å². The Hall–Kier alpha value is -2.43. The first-order valence-electron chi connectivity index (χ1n) is 9.33. The lowest BCUT2D eigenvalue weighted by molar-refractivity contribution is -0.113. The molecule has 0 saturated heterocycles. The largest absolute Gasteiger partial charge is 0.325 e. The summed E-state index contributed by atoms with van der Waals surface area (Å²) < 4.78 is 26.4. The van der Waals surface area contributed by atoms with E-state index in [2.05, 4.69) is 38.1 Å². The lowest BCUT2D eigenvalue weighted by Crippen LogP contribution is -2.20. The molecule has 1 heterocycles. The predicted octanol–water partition coefficient (Wildman–Crippen LogP) is 3.97. The van der Waals surface area contributed by atoms with Crippen LogP contribution < -0.4 is 10.9 Å². The fraction of sp³-hybridized carbons (Fsp3) is 0.190. The second-order valence-corrected chi connectivity index (χ2v) is 10.4. The highest BCUT2D eigenvalue weighted by Crippen LogP contribution is 2.24. The number of thioether (sulfide) groups is 1. The van der Waals surface area contributed by atoms with E-state index in [1.807, 2.05) is 24.3 Å². The number of aromatic amines is 1. The molecule has 1 amide bonds. The van der Waals surface area contributed by atoms with E-state index in [0.29, 0.717) is 5.69 Å². The van der Waals surface area contributed by atoms with Crippen LogP contribution in [-0.4, -0.2) is 30.0 Å².